The summed E-state index contributed by atoms with van der Waals surface area (Å²) in [4.78, 5) is 7.57. The molecule has 0 radical (unpaired) electrons. The van der Waals surface area contributed by atoms with Crippen LogP contribution in [0.15, 0.2) is 53.4 Å². The molecule has 0 N–H and O–H groups in total. The summed E-state index contributed by atoms with van der Waals surface area (Å²) in [5, 5.41) is 1.14. The van der Waals surface area contributed by atoms with Crippen LogP contribution < -0.4 is 4.90 Å². The minimum absolute atomic E-state index is 0.129. The zero-order valence-corrected chi connectivity index (χ0v) is 15.7. The van der Waals surface area contributed by atoms with Crippen LogP contribution in [0, 0.1) is 0 Å². The van der Waals surface area contributed by atoms with E-state index in [-0.39, 0.29) is 11.8 Å². The minimum atomic E-state index is -3.15. The molecule has 1 aliphatic heterocycles. The van der Waals surface area contributed by atoms with Crippen molar-refractivity contribution in [2.24, 2.45) is 0 Å². The molecule has 1 aromatic heterocycles. The molecule has 3 aromatic rings. The maximum absolute atomic E-state index is 12.0. The van der Waals surface area contributed by atoms with Crippen LogP contribution in [0.25, 0.3) is 10.2 Å². The Morgan fingerprint density at radius 3 is 2.64 bits per heavy atom. The summed E-state index contributed by atoms with van der Waals surface area (Å²) in [6, 6.07) is 15.8. The van der Waals surface area contributed by atoms with Gasteiger partial charge in [-0.1, -0.05) is 19.1 Å². The van der Waals surface area contributed by atoms with E-state index < -0.39 is 9.84 Å². The third-order valence-corrected chi connectivity index (χ3v) is 7.64. The van der Waals surface area contributed by atoms with E-state index in [0.717, 1.165) is 35.6 Å². The second-order valence-corrected chi connectivity index (χ2v) is 9.61. The molecule has 4 rings (SSSR count). The number of benzene rings is 2. The summed E-state index contributed by atoms with van der Waals surface area (Å²) in [5.41, 5.74) is 2.12. The highest BCUT2D eigenvalue weighted by molar-refractivity contribution is 7.91. The van der Waals surface area contributed by atoms with Gasteiger partial charge in [-0.15, -0.1) is 11.3 Å². The second kappa shape index (κ2) is 6.42. The van der Waals surface area contributed by atoms with Gasteiger partial charge < -0.3 is 4.90 Å². The Kier molecular flexibility index (Phi) is 4.25. The molecule has 2 heterocycles. The molecule has 0 spiro atoms. The third kappa shape index (κ3) is 3.04. The molecule has 6 heteroatoms. The van der Waals surface area contributed by atoms with E-state index in [2.05, 4.69) is 17.0 Å². The average molecular weight is 373 g/mol. The number of sulfone groups is 1. The van der Waals surface area contributed by atoms with Gasteiger partial charge in [0.25, 0.3) is 0 Å². The molecule has 0 aliphatic carbocycles. The van der Waals surface area contributed by atoms with Gasteiger partial charge in [0.05, 0.1) is 26.9 Å². The van der Waals surface area contributed by atoms with Crippen molar-refractivity contribution in [1.29, 1.82) is 0 Å². The number of aromatic nitrogens is 1. The molecule has 1 aliphatic rings. The Balaban J connectivity index is 1.65. The van der Waals surface area contributed by atoms with Crippen molar-refractivity contribution >= 4 is 37.1 Å². The van der Waals surface area contributed by atoms with E-state index in [4.69, 9.17) is 4.98 Å². The Morgan fingerprint density at radius 2 is 1.92 bits per heavy atom. The van der Waals surface area contributed by atoms with Gasteiger partial charge in [0.15, 0.2) is 9.84 Å². The highest BCUT2D eigenvalue weighted by Crippen LogP contribution is 2.39. The van der Waals surface area contributed by atoms with Gasteiger partial charge >= 0.3 is 0 Å². The number of thiazole rings is 1. The lowest BCUT2D eigenvalue weighted by Crippen LogP contribution is -2.22. The number of hydrogen-bond donors (Lipinski definition) is 0. The molecule has 0 saturated carbocycles. The van der Waals surface area contributed by atoms with E-state index in [1.807, 2.05) is 24.3 Å². The number of hydrogen-bond acceptors (Lipinski definition) is 5. The number of rotatable bonds is 4. The number of para-hydroxylation sites is 1. The van der Waals surface area contributed by atoms with Crippen LogP contribution in [-0.4, -0.2) is 25.7 Å². The monoisotopic (exact) mass is 372 g/mol. The third-order valence-electron chi connectivity index (χ3n) is 4.76. The Labute approximate surface area is 152 Å². The maximum atomic E-state index is 12.0. The van der Waals surface area contributed by atoms with Gasteiger partial charge in [0, 0.05) is 12.2 Å². The largest absolute Gasteiger partial charge is 0.362 e. The fourth-order valence-electron chi connectivity index (χ4n) is 3.38. The number of fused-ring (bicyclic) bond motifs is 1. The predicted octanol–water partition coefficient (Wildman–Crippen LogP) is 4.43. The number of nitrogens with zero attached hydrogens (tertiary/aromatic N) is 2. The predicted molar refractivity (Wildman–Crippen MR) is 103 cm³/mol. The highest BCUT2D eigenvalue weighted by Gasteiger charge is 2.29. The van der Waals surface area contributed by atoms with Crippen LogP contribution >= 0.6 is 11.3 Å². The van der Waals surface area contributed by atoms with E-state index in [1.165, 1.54) is 4.70 Å². The summed E-state index contributed by atoms with van der Waals surface area (Å²) in [5.74, 6) is 0.129. The van der Waals surface area contributed by atoms with Crippen molar-refractivity contribution in [2.45, 2.75) is 30.7 Å². The van der Waals surface area contributed by atoms with Gasteiger partial charge in [-0.3, -0.25) is 0 Å². The lowest BCUT2D eigenvalue weighted by molar-refractivity contribution is 0.597. The molecule has 130 valence electrons. The van der Waals surface area contributed by atoms with Crippen LogP contribution in [0.5, 0.6) is 0 Å². The first-order chi connectivity index (χ1) is 12.1. The topological polar surface area (TPSA) is 50.3 Å². The Hall–Kier alpha value is -1.92. The standard InChI is InChI=1S/C19H20N2O2S2/c1-2-25(22,23)15-11-9-14(10-12-15)21-13-5-7-17(21)19-20-16-6-3-4-8-18(16)24-19/h3-4,6,8-12,17H,2,5,7,13H2,1H3. The molecular weight excluding hydrogens is 352 g/mol. The van der Waals surface area contributed by atoms with Crippen LogP contribution in [0.1, 0.15) is 30.8 Å². The van der Waals surface area contributed by atoms with Gasteiger partial charge in [0.1, 0.15) is 5.01 Å². The van der Waals surface area contributed by atoms with Crippen LogP contribution in [-0.2, 0) is 9.84 Å². The van der Waals surface area contributed by atoms with Gasteiger partial charge in [-0.25, -0.2) is 13.4 Å². The lowest BCUT2D eigenvalue weighted by atomic mass is 10.2. The zero-order chi connectivity index (χ0) is 17.4. The molecule has 0 amide bonds. The fourth-order valence-corrected chi connectivity index (χ4v) is 5.38. The van der Waals surface area contributed by atoms with Crippen molar-refractivity contribution < 1.29 is 8.42 Å². The van der Waals surface area contributed by atoms with Crippen LogP contribution in [0.4, 0.5) is 5.69 Å². The van der Waals surface area contributed by atoms with Gasteiger partial charge in [0.2, 0.25) is 0 Å². The molecule has 1 saturated heterocycles. The summed E-state index contributed by atoms with van der Waals surface area (Å²) in [6.07, 6.45) is 2.20. The second-order valence-electron chi connectivity index (χ2n) is 6.27. The summed E-state index contributed by atoms with van der Waals surface area (Å²) < 4.78 is 25.2. The first-order valence-electron chi connectivity index (χ1n) is 8.53. The first-order valence-corrected chi connectivity index (χ1v) is 11.0. The quantitative estimate of drug-likeness (QED) is 0.680. The van der Waals surface area contributed by atoms with Crippen LogP contribution in [0.3, 0.4) is 0 Å². The SMILES string of the molecule is CCS(=O)(=O)c1ccc(N2CCCC2c2nc3ccccc3s2)cc1. The van der Waals surface area contributed by atoms with Crippen molar-refractivity contribution in [3.8, 4) is 0 Å². The fraction of sp³-hybridized carbons (Fsp3) is 0.316. The van der Waals surface area contributed by atoms with E-state index >= 15 is 0 Å². The lowest BCUT2D eigenvalue weighted by Gasteiger charge is -2.25. The molecular formula is C19H20N2O2S2. The first kappa shape index (κ1) is 16.5. The molecule has 2 aromatic carbocycles. The highest BCUT2D eigenvalue weighted by atomic mass is 32.2. The van der Waals surface area contributed by atoms with Crippen molar-refractivity contribution in [1.82, 2.24) is 4.98 Å². The number of anilines is 1. The van der Waals surface area contributed by atoms with Crippen molar-refractivity contribution in [3.05, 3.63) is 53.5 Å². The molecule has 1 atom stereocenters. The Morgan fingerprint density at radius 1 is 1.16 bits per heavy atom. The molecule has 1 unspecified atom stereocenters. The maximum Gasteiger partial charge on any atom is 0.178 e. The minimum Gasteiger partial charge on any atom is -0.362 e. The van der Waals surface area contributed by atoms with Crippen molar-refractivity contribution in [2.75, 3.05) is 17.2 Å². The molecule has 25 heavy (non-hydrogen) atoms. The zero-order valence-electron chi connectivity index (χ0n) is 14.1. The van der Waals surface area contributed by atoms with Gasteiger partial charge in [-0.05, 0) is 49.2 Å². The van der Waals surface area contributed by atoms with E-state index in [0.29, 0.717) is 4.90 Å². The molecule has 4 nitrogen and oxygen atoms in total. The van der Waals surface area contributed by atoms with E-state index in [9.17, 15) is 8.42 Å². The van der Waals surface area contributed by atoms with Gasteiger partial charge in [-0.2, -0.15) is 0 Å². The summed E-state index contributed by atoms with van der Waals surface area (Å²) >= 11 is 1.76. The normalized spacial score (nSPS) is 18.1. The smallest absolute Gasteiger partial charge is 0.178 e. The summed E-state index contributed by atoms with van der Waals surface area (Å²) in [6.45, 7) is 2.65. The van der Waals surface area contributed by atoms with Crippen LogP contribution in [0.2, 0.25) is 0 Å². The van der Waals surface area contributed by atoms with E-state index in [1.54, 1.807) is 30.4 Å². The molecule has 1 fully saturated rings. The Bertz CT molecular complexity index is 961. The van der Waals surface area contributed by atoms with Crippen molar-refractivity contribution in [3.63, 3.8) is 0 Å². The molecule has 0 bridgehead atoms. The summed E-state index contributed by atoms with van der Waals surface area (Å²) in [7, 11) is -3.15. The average Bonchev–Trinajstić information content (AvgIpc) is 3.28.